The Morgan fingerprint density at radius 3 is 0.810 bits per heavy atom. The molecule has 0 aromatic carbocycles. The number of rotatable bonds is 65. The molecule has 0 saturated heterocycles. The summed E-state index contributed by atoms with van der Waals surface area (Å²) in [6.07, 6.45) is 42.9. The van der Waals surface area contributed by atoms with Crippen LogP contribution in [-0.2, 0) is 65.4 Å². The molecular formula is C65H126O17P2. The van der Waals surface area contributed by atoms with E-state index in [9.17, 15) is 43.2 Å². The fourth-order valence-electron chi connectivity index (χ4n) is 9.76. The number of hydrogen-bond acceptors (Lipinski definition) is 15. The normalized spacial score (nSPS) is 14.2. The lowest BCUT2D eigenvalue weighted by atomic mass is 10.0. The van der Waals surface area contributed by atoms with Gasteiger partial charge < -0.3 is 33.8 Å². The third-order valence-electron chi connectivity index (χ3n) is 15.0. The quantitative estimate of drug-likeness (QED) is 0.0222. The summed E-state index contributed by atoms with van der Waals surface area (Å²) < 4.78 is 68.0. The fraction of sp³-hybridized carbons (Fsp3) is 0.938. The second kappa shape index (κ2) is 58.7. The minimum atomic E-state index is -4.94. The van der Waals surface area contributed by atoms with Crippen molar-refractivity contribution in [3.05, 3.63) is 0 Å². The number of unbranched alkanes of at least 4 members (excludes halogenated alkanes) is 37. The maximum Gasteiger partial charge on any atom is 0.472 e. The van der Waals surface area contributed by atoms with E-state index in [0.29, 0.717) is 31.6 Å². The highest BCUT2D eigenvalue weighted by Crippen LogP contribution is 2.45. The molecule has 0 amide bonds. The number of ether oxygens (including phenoxy) is 4. The Kier molecular flexibility index (Phi) is 57.4. The maximum atomic E-state index is 13.0. The SMILES string of the molecule is CCCCCCCCCCCCCCC(=O)O[C@H](COC(=O)CCCCCCCCCCCCC)COP(=O)(O)OC[C@@H](O)COP(=O)(O)OC[C@@H](COC(=O)CCCCCCCCCC(C)C)OC(=O)CCCCCCCCCCCCC. The lowest BCUT2D eigenvalue weighted by molar-refractivity contribution is -0.161. The average molecular weight is 1240 g/mol. The molecule has 0 aliphatic carbocycles. The first kappa shape index (κ1) is 82.1. The van der Waals surface area contributed by atoms with Crippen molar-refractivity contribution in [2.75, 3.05) is 39.6 Å². The van der Waals surface area contributed by atoms with Crippen LogP contribution in [0.2, 0.25) is 0 Å². The van der Waals surface area contributed by atoms with Gasteiger partial charge in [-0.3, -0.25) is 37.3 Å². The van der Waals surface area contributed by atoms with Crippen LogP contribution in [-0.4, -0.2) is 96.7 Å². The van der Waals surface area contributed by atoms with E-state index >= 15 is 0 Å². The van der Waals surface area contributed by atoms with Gasteiger partial charge in [-0.1, -0.05) is 279 Å². The number of aliphatic hydroxyl groups excluding tert-OH is 1. The van der Waals surface area contributed by atoms with Crippen molar-refractivity contribution in [1.82, 2.24) is 0 Å². The Morgan fingerprint density at radius 1 is 0.321 bits per heavy atom. The Balaban J connectivity index is 5.24. The van der Waals surface area contributed by atoms with Crippen LogP contribution in [0.1, 0.15) is 330 Å². The van der Waals surface area contributed by atoms with Gasteiger partial charge in [0.1, 0.15) is 19.3 Å². The molecule has 17 nitrogen and oxygen atoms in total. The number of esters is 4. The van der Waals surface area contributed by atoms with Crippen molar-refractivity contribution in [2.24, 2.45) is 5.92 Å². The van der Waals surface area contributed by atoms with Crippen LogP contribution in [0.15, 0.2) is 0 Å². The van der Waals surface area contributed by atoms with E-state index in [1.165, 1.54) is 148 Å². The lowest BCUT2D eigenvalue weighted by Crippen LogP contribution is -2.30. The van der Waals surface area contributed by atoms with Gasteiger partial charge in [0.25, 0.3) is 0 Å². The number of hydrogen-bond donors (Lipinski definition) is 3. The van der Waals surface area contributed by atoms with Crippen molar-refractivity contribution in [2.45, 2.75) is 348 Å². The summed E-state index contributed by atoms with van der Waals surface area (Å²) >= 11 is 0. The first-order valence-corrected chi connectivity index (χ1v) is 37.1. The van der Waals surface area contributed by atoms with Gasteiger partial charge in [0.05, 0.1) is 26.4 Å². The number of carbonyl (C=O) groups excluding carboxylic acids is 4. The molecular weight excluding hydrogens is 1110 g/mol. The van der Waals surface area contributed by atoms with Gasteiger partial charge in [-0.2, -0.15) is 0 Å². The Bertz CT molecular complexity index is 1640. The fourth-order valence-corrected chi connectivity index (χ4v) is 11.3. The van der Waals surface area contributed by atoms with Gasteiger partial charge in [0, 0.05) is 25.7 Å². The van der Waals surface area contributed by atoms with Crippen LogP contribution in [0, 0.1) is 5.92 Å². The van der Waals surface area contributed by atoms with Gasteiger partial charge >= 0.3 is 39.5 Å². The highest BCUT2D eigenvalue weighted by Gasteiger charge is 2.30. The molecule has 0 aliphatic heterocycles. The average Bonchev–Trinajstić information content (AvgIpc) is 3.59. The van der Waals surface area contributed by atoms with Crippen molar-refractivity contribution < 1.29 is 80.2 Å². The number of phosphoric ester groups is 2. The zero-order valence-corrected chi connectivity index (χ0v) is 55.8. The molecule has 0 radical (unpaired) electrons. The molecule has 0 aromatic rings. The van der Waals surface area contributed by atoms with Crippen LogP contribution >= 0.6 is 15.6 Å². The standard InChI is InChI=1S/C65H126O17P2/c1-6-9-12-15-18-21-24-27-30-35-41-46-51-65(70)81-60(54-75-62(67)48-43-38-33-28-25-22-19-16-13-10-7-2)56-79-83(71,72)77-52-59(66)53-78-84(73,74)80-57-61(55-76-63(68)49-44-39-36-31-32-37-42-47-58(4)5)82-64(69)50-45-40-34-29-26-23-20-17-14-11-8-3/h58-61,66H,6-57H2,1-5H3,(H,71,72)(H,73,74)/t59-,60-,61-/m1/s1. The summed E-state index contributed by atoms with van der Waals surface area (Å²) in [5, 5.41) is 10.5. The zero-order chi connectivity index (χ0) is 62.0. The summed E-state index contributed by atoms with van der Waals surface area (Å²) in [6, 6.07) is 0. The first-order valence-electron chi connectivity index (χ1n) is 34.1. The monoisotopic (exact) mass is 1240 g/mol. The molecule has 5 atom stereocenters. The van der Waals surface area contributed by atoms with Gasteiger partial charge in [0.15, 0.2) is 12.2 Å². The summed E-state index contributed by atoms with van der Waals surface area (Å²) in [5.74, 6) is -1.42. The molecule has 3 N–H and O–H groups in total. The molecule has 19 heteroatoms. The van der Waals surface area contributed by atoms with Crippen LogP contribution in [0.4, 0.5) is 0 Å². The number of aliphatic hydroxyl groups is 1. The third-order valence-corrected chi connectivity index (χ3v) is 16.9. The summed E-state index contributed by atoms with van der Waals surface area (Å²) in [5.41, 5.74) is 0. The van der Waals surface area contributed by atoms with Gasteiger partial charge in [-0.25, -0.2) is 9.13 Å². The highest BCUT2D eigenvalue weighted by atomic mass is 31.2. The summed E-state index contributed by atoms with van der Waals surface area (Å²) in [4.78, 5) is 72.2. The lowest BCUT2D eigenvalue weighted by Gasteiger charge is -2.21. The molecule has 0 saturated carbocycles. The molecule has 0 aromatic heterocycles. The molecule has 0 spiro atoms. The Labute approximate surface area is 511 Å². The van der Waals surface area contributed by atoms with Crippen molar-refractivity contribution in [3.8, 4) is 0 Å². The smallest absolute Gasteiger partial charge is 0.462 e. The highest BCUT2D eigenvalue weighted by molar-refractivity contribution is 7.47. The van der Waals surface area contributed by atoms with Crippen molar-refractivity contribution >= 4 is 39.5 Å². The first-order chi connectivity index (χ1) is 40.5. The number of carbonyl (C=O) groups is 4. The molecule has 498 valence electrons. The van der Waals surface area contributed by atoms with E-state index in [1.54, 1.807) is 0 Å². The Morgan fingerprint density at radius 2 is 0.548 bits per heavy atom. The van der Waals surface area contributed by atoms with Crippen LogP contribution < -0.4 is 0 Å². The van der Waals surface area contributed by atoms with E-state index < -0.39 is 97.5 Å². The third kappa shape index (κ3) is 59.0. The van der Waals surface area contributed by atoms with Gasteiger partial charge in [-0.05, 0) is 31.6 Å². The predicted octanol–water partition coefficient (Wildman–Crippen LogP) is 18.2. The minimum absolute atomic E-state index is 0.106. The summed E-state index contributed by atoms with van der Waals surface area (Å²) in [7, 11) is -9.89. The molecule has 2 unspecified atom stereocenters. The van der Waals surface area contributed by atoms with Crippen LogP contribution in [0.25, 0.3) is 0 Å². The van der Waals surface area contributed by atoms with Crippen LogP contribution in [0.5, 0.6) is 0 Å². The van der Waals surface area contributed by atoms with E-state index in [4.69, 9.17) is 37.0 Å². The molecule has 0 fully saturated rings. The van der Waals surface area contributed by atoms with E-state index in [2.05, 4.69) is 34.6 Å². The second-order valence-corrected chi connectivity index (χ2v) is 26.9. The molecule has 0 rings (SSSR count). The summed E-state index contributed by atoms with van der Waals surface area (Å²) in [6.45, 7) is 7.14. The predicted molar refractivity (Wildman–Crippen MR) is 335 cm³/mol. The van der Waals surface area contributed by atoms with Gasteiger partial charge in [0.2, 0.25) is 0 Å². The number of phosphoric acid groups is 2. The van der Waals surface area contributed by atoms with Crippen molar-refractivity contribution in [1.29, 1.82) is 0 Å². The zero-order valence-electron chi connectivity index (χ0n) is 54.0. The van der Waals surface area contributed by atoms with Crippen LogP contribution in [0.3, 0.4) is 0 Å². The van der Waals surface area contributed by atoms with Crippen molar-refractivity contribution in [3.63, 3.8) is 0 Å². The maximum absolute atomic E-state index is 13.0. The van der Waals surface area contributed by atoms with Gasteiger partial charge in [-0.15, -0.1) is 0 Å². The molecule has 0 heterocycles. The molecule has 84 heavy (non-hydrogen) atoms. The van der Waals surface area contributed by atoms with E-state index in [1.807, 2.05) is 0 Å². The van der Waals surface area contributed by atoms with E-state index in [-0.39, 0.29) is 25.7 Å². The minimum Gasteiger partial charge on any atom is -0.462 e. The largest absolute Gasteiger partial charge is 0.472 e. The molecule has 0 aliphatic rings. The topological polar surface area (TPSA) is 237 Å². The Hall–Kier alpha value is -1.94. The van der Waals surface area contributed by atoms with E-state index in [0.717, 1.165) is 96.3 Å². The molecule has 0 bridgehead atoms. The second-order valence-electron chi connectivity index (χ2n) is 24.0.